The van der Waals surface area contributed by atoms with Crippen molar-refractivity contribution in [2.24, 2.45) is 7.05 Å². The second-order valence-electron chi connectivity index (χ2n) is 6.64. The van der Waals surface area contributed by atoms with Gasteiger partial charge in [-0.3, -0.25) is 9.59 Å². The molecule has 1 aromatic heterocycles. The summed E-state index contributed by atoms with van der Waals surface area (Å²) in [6, 6.07) is 12.3. The van der Waals surface area contributed by atoms with Gasteiger partial charge >= 0.3 is 0 Å². The predicted octanol–water partition coefficient (Wildman–Crippen LogP) is 3.18. The number of benzene rings is 2. The van der Waals surface area contributed by atoms with Crippen LogP contribution in [0.4, 0.5) is 10.1 Å². The monoisotopic (exact) mass is 443 g/mol. The summed E-state index contributed by atoms with van der Waals surface area (Å²) in [6.45, 7) is 1.73. The van der Waals surface area contributed by atoms with Crippen LogP contribution in [0.1, 0.15) is 29.1 Å². The Hall–Kier alpha value is -3.40. The summed E-state index contributed by atoms with van der Waals surface area (Å²) in [5.74, 6) is -0.0815. The second kappa shape index (κ2) is 10.1. The molecular weight excluding hydrogens is 421 g/mol. The molecule has 2 amide bonds. The Labute approximate surface area is 183 Å². The Morgan fingerprint density at radius 2 is 1.97 bits per heavy atom. The summed E-state index contributed by atoms with van der Waals surface area (Å²) in [5, 5.41) is 14.2. The maximum Gasteiger partial charge on any atom is 0.254 e. The molecule has 0 spiro atoms. The number of aromatic nitrogens is 3. The Balaban J connectivity index is 1.58. The van der Waals surface area contributed by atoms with Gasteiger partial charge in [-0.25, -0.2) is 4.39 Å². The van der Waals surface area contributed by atoms with E-state index in [1.54, 1.807) is 56.0 Å². The van der Waals surface area contributed by atoms with Crippen molar-refractivity contribution in [1.29, 1.82) is 0 Å². The van der Waals surface area contributed by atoms with E-state index >= 15 is 0 Å². The zero-order valence-electron chi connectivity index (χ0n) is 17.3. The molecule has 2 N–H and O–H groups in total. The molecule has 3 rings (SSSR count). The Bertz CT molecular complexity index is 1090. The van der Waals surface area contributed by atoms with E-state index in [0.717, 1.165) is 0 Å². The van der Waals surface area contributed by atoms with Crippen LogP contribution in [0.15, 0.2) is 53.7 Å². The molecule has 8 nitrogen and oxygen atoms in total. The number of rotatable bonds is 8. The number of thioether (sulfide) groups is 1. The second-order valence-corrected chi connectivity index (χ2v) is 7.59. The van der Waals surface area contributed by atoms with Crippen molar-refractivity contribution in [1.82, 2.24) is 20.1 Å². The lowest BCUT2D eigenvalue weighted by Gasteiger charge is -2.14. The normalized spacial score (nSPS) is 11.6. The van der Waals surface area contributed by atoms with E-state index in [1.165, 1.54) is 30.0 Å². The smallest absolute Gasteiger partial charge is 0.254 e. The number of anilines is 1. The maximum atomic E-state index is 13.8. The number of ether oxygens (including phenoxy) is 1. The number of hydrogen-bond donors (Lipinski definition) is 2. The number of methoxy groups -OCH3 is 1. The van der Waals surface area contributed by atoms with Crippen LogP contribution in [0.3, 0.4) is 0 Å². The van der Waals surface area contributed by atoms with Crippen molar-refractivity contribution in [3.63, 3.8) is 0 Å². The first-order valence-corrected chi connectivity index (χ1v) is 10.4. The number of carbonyl (C=O) groups is 2. The van der Waals surface area contributed by atoms with Gasteiger partial charge in [-0.15, -0.1) is 10.2 Å². The van der Waals surface area contributed by atoms with Crippen LogP contribution in [0.5, 0.6) is 5.75 Å². The fourth-order valence-corrected chi connectivity index (χ4v) is 3.56. The van der Waals surface area contributed by atoms with Gasteiger partial charge in [-0.1, -0.05) is 30.0 Å². The average Bonchev–Trinajstić information content (AvgIpc) is 3.13. The molecule has 0 aliphatic heterocycles. The van der Waals surface area contributed by atoms with Crippen LogP contribution in [-0.4, -0.2) is 39.4 Å². The maximum absolute atomic E-state index is 13.8. The van der Waals surface area contributed by atoms with E-state index in [-0.39, 0.29) is 17.2 Å². The lowest BCUT2D eigenvalue weighted by Crippen LogP contribution is -2.29. The van der Waals surface area contributed by atoms with Crippen LogP contribution in [0.25, 0.3) is 0 Å². The van der Waals surface area contributed by atoms with Gasteiger partial charge in [-0.05, 0) is 31.2 Å². The zero-order valence-corrected chi connectivity index (χ0v) is 18.1. The minimum Gasteiger partial charge on any atom is -0.497 e. The highest BCUT2D eigenvalue weighted by atomic mass is 32.2. The number of nitrogens with one attached hydrogen (secondary N) is 2. The Morgan fingerprint density at radius 3 is 2.71 bits per heavy atom. The number of halogens is 1. The van der Waals surface area contributed by atoms with Gasteiger partial charge in [0.2, 0.25) is 5.91 Å². The van der Waals surface area contributed by atoms with Gasteiger partial charge in [0.1, 0.15) is 11.6 Å². The molecule has 1 atom stereocenters. The van der Waals surface area contributed by atoms with Crippen LogP contribution >= 0.6 is 11.8 Å². The van der Waals surface area contributed by atoms with E-state index < -0.39 is 17.8 Å². The van der Waals surface area contributed by atoms with Crippen LogP contribution < -0.4 is 15.4 Å². The largest absolute Gasteiger partial charge is 0.497 e. The van der Waals surface area contributed by atoms with Gasteiger partial charge in [-0.2, -0.15) is 0 Å². The summed E-state index contributed by atoms with van der Waals surface area (Å²) in [4.78, 5) is 24.6. The zero-order chi connectivity index (χ0) is 22.4. The third kappa shape index (κ3) is 5.60. The van der Waals surface area contributed by atoms with Crippen molar-refractivity contribution in [3.8, 4) is 5.75 Å². The average molecular weight is 444 g/mol. The Morgan fingerprint density at radius 1 is 1.19 bits per heavy atom. The number of nitrogens with zero attached hydrogens (tertiary/aromatic N) is 3. The summed E-state index contributed by atoms with van der Waals surface area (Å²) in [5.41, 5.74) is 0.591. The van der Waals surface area contributed by atoms with E-state index in [1.807, 2.05) is 0 Å². The molecule has 0 saturated heterocycles. The van der Waals surface area contributed by atoms with E-state index in [2.05, 4.69) is 20.8 Å². The van der Waals surface area contributed by atoms with E-state index in [4.69, 9.17) is 4.74 Å². The molecule has 0 unspecified atom stereocenters. The first-order chi connectivity index (χ1) is 14.9. The summed E-state index contributed by atoms with van der Waals surface area (Å²) >= 11 is 1.21. The summed E-state index contributed by atoms with van der Waals surface area (Å²) in [6.07, 6.45) is 0. The molecule has 2 aromatic carbocycles. The minimum absolute atomic E-state index is 0.0414. The van der Waals surface area contributed by atoms with Crippen LogP contribution in [-0.2, 0) is 11.8 Å². The molecule has 0 saturated carbocycles. The molecular formula is C21H22FN5O3S. The number of hydrogen-bond acceptors (Lipinski definition) is 6. The van der Waals surface area contributed by atoms with Gasteiger partial charge in [0.15, 0.2) is 11.0 Å². The van der Waals surface area contributed by atoms with E-state index in [0.29, 0.717) is 22.4 Å². The van der Waals surface area contributed by atoms with Gasteiger partial charge in [0.25, 0.3) is 5.91 Å². The first-order valence-electron chi connectivity index (χ1n) is 9.40. The highest BCUT2D eigenvalue weighted by Crippen LogP contribution is 2.21. The lowest BCUT2D eigenvalue weighted by atomic mass is 10.2. The SMILES string of the molecule is COc1cccc(NC(=O)CSc2nnc([C@@H](C)NC(=O)c3ccccc3F)n2C)c1. The highest BCUT2D eigenvalue weighted by Gasteiger charge is 2.20. The van der Waals surface area contributed by atoms with Crippen molar-refractivity contribution in [2.45, 2.75) is 18.1 Å². The number of amides is 2. The fourth-order valence-electron chi connectivity index (χ4n) is 2.84. The quantitative estimate of drug-likeness (QED) is 0.519. The van der Waals surface area contributed by atoms with Crippen molar-refractivity contribution >= 4 is 29.3 Å². The molecule has 162 valence electrons. The number of carbonyl (C=O) groups excluding carboxylic acids is 2. The molecule has 10 heteroatoms. The van der Waals surface area contributed by atoms with Gasteiger partial charge in [0, 0.05) is 18.8 Å². The van der Waals surface area contributed by atoms with Gasteiger partial charge < -0.3 is 19.9 Å². The molecule has 3 aromatic rings. The molecule has 0 bridgehead atoms. The van der Waals surface area contributed by atoms with Crippen molar-refractivity contribution < 1.29 is 18.7 Å². The molecule has 0 aliphatic carbocycles. The standard InChI is InChI=1S/C21H22FN5O3S/c1-13(23-20(29)16-9-4-5-10-17(16)22)19-25-26-21(27(19)2)31-12-18(28)24-14-7-6-8-15(11-14)30-3/h4-11,13H,12H2,1-3H3,(H,23,29)(H,24,28)/t13-/m1/s1. The molecule has 1 heterocycles. The third-order valence-electron chi connectivity index (χ3n) is 4.41. The van der Waals surface area contributed by atoms with Gasteiger partial charge in [0.05, 0.1) is 24.5 Å². The highest BCUT2D eigenvalue weighted by molar-refractivity contribution is 7.99. The van der Waals surface area contributed by atoms with Crippen LogP contribution in [0.2, 0.25) is 0 Å². The van der Waals surface area contributed by atoms with E-state index in [9.17, 15) is 14.0 Å². The molecule has 31 heavy (non-hydrogen) atoms. The molecule has 0 aliphatic rings. The van der Waals surface area contributed by atoms with Crippen molar-refractivity contribution in [2.75, 3.05) is 18.2 Å². The Kier molecular flexibility index (Phi) is 7.24. The van der Waals surface area contributed by atoms with Crippen LogP contribution in [0, 0.1) is 5.82 Å². The third-order valence-corrected chi connectivity index (χ3v) is 5.43. The topological polar surface area (TPSA) is 98.1 Å². The summed E-state index contributed by atoms with van der Waals surface area (Å²) in [7, 11) is 3.30. The van der Waals surface area contributed by atoms with Crippen molar-refractivity contribution in [3.05, 3.63) is 65.7 Å². The fraction of sp³-hybridized carbons (Fsp3) is 0.238. The molecule has 0 radical (unpaired) electrons. The predicted molar refractivity (Wildman–Crippen MR) is 116 cm³/mol. The minimum atomic E-state index is -0.594. The lowest BCUT2D eigenvalue weighted by molar-refractivity contribution is -0.113. The molecule has 0 fully saturated rings. The first kappa shape index (κ1) is 22.3. The summed E-state index contributed by atoms with van der Waals surface area (Å²) < 4.78 is 20.6.